The zero-order valence-electron chi connectivity index (χ0n) is 10.6. The Bertz CT molecular complexity index is 675. The summed E-state index contributed by atoms with van der Waals surface area (Å²) in [5.74, 6) is 0.664. The van der Waals surface area contributed by atoms with Gasteiger partial charge in [-0.15, -0.1) is 11.8 Å². The predicted molar refractivity (Wildman–Crippen MR) is 87.1 cm³/mol. The fraction of sp³-hybridized carbons (Fsp3) is 0.133. The Morgan fingerprint density at radius 3 is 2.90 bits per heavy atom. The third-order valence-corrected chi connectivity index (χ3v) is 4.96. The van der Waals surface area contributed by atoms with Crippen molar-refractivity contribution in [3.8, 4) is 0 Å². The molecule has 3 rings (SSSR count). The molecule has 1 aliphatic rings. The maximum Gasteiger partial charge on any atom is 0.232 e. The normalized spacial score (nSPS) is 16.8. The quantitative estimate of drug-likeness (QED) is 0.810. The molecule has 1 amide bonds. The molecule has 0 aliphatic carbocycles. The molecule has 3 N–H and O–H groups in total. The van der Waals surface area contributed by atoms with Crippen molar-refractivity contribution in [3.63, 3.8) is 0 Å². The van der Waals surface area contributed by atoms with Gasteiger partial charge in [-0.05, 0) is 29.8 Å². The first-order chi connectivity index (χ1) is 9.65. The molecule has 1 atom stereocenters. The highest BCUT2D eigenvalue weighted by Gasteiger charge is 2.29. The lowest BCUT2D eigenvalue weighted by atomic mass is 10.0. The van der Waals surface area contributed by atoms with Crippen molar-refractivity contribution in [2.75, 3.05) is 16.8 Å². The van der Waals surface area contributed by atoms with Gasteiger partial charge in [0.2, 0.25) is 5.91 Å². The van der Waals surface area contributed by atoms with Gasteiger partial charge in [0.1, 0.15) is 0 Å². The monoisotopic (exact) mass is 348 g/mol. The second-order valence-corrected chi connectivity index (χ2v) is 6.60. The number of amides is 1. The number of thioether (sulfide) groups is 1. The first-order valence-electron chi connectivity index (χ1n) is 6.23. The van der Waals surface area contributed by atoms with Crippen LogP contribution in [0.2, 0.25) is 0 Å². The molecule has 1 unspecified atom stereocenters. The van der Waals surface area contributed by atoms with E-state index in [0.29, 0.717) is 11.4 Å². The fourth-order valence-electron chi connectivity index (χ4n) is 2.25. The highest BCUT2D eigenvalue weighted by molar-refractivity contribution is 9.10. The molecule has 20 heavy (non-hydrogen) atoms. The van der Waals surface area contributed by atoms with Crippen molar-refractivity contribution in [2.45, 2.75) is 10.8 Å². The molecule has 5 heteroatoms. The fourth-order valence-corrected chi connectivity index (χ4v) is 3.85. The smallest absolute Gasteiger partial charge is 0.232 e. The molecule has 2 aromatic carbocycles. The Hall–Kier alpha value is -1.46. The number of nitrogens with two attached hydrogens (primary N) is 1. The summed E-state index contributed by atoms with van der Waals surface area (Å²) < 4.78 is 0.898. The summed E-state index contributed by atoms with van der Waals surface area (Å²) in [5.41, 5.74) is 8.24. The average Bonchev–Trinajstić information content (AvgIpc) is 2.86. The van der Waals surface area contributed by atoms with Crippen LogP contribution in [0.1, 0.15) is 11.5 Å². The molecule has 0 spiro atoms. The van der Waals surface area contributed by atoms with E-state index in [1.807, 2.05) is 30.3 Å². The molecule has 0 saturated carbocycles. The minimum atomic E-state index is -0.112. The van der Waals surface area contributed by atoms with Crippen LogP contribution in [-0.4, -0.2) is 11.7 Å². The van der Waals surface area contributed by atoms with Gasteiger partial charge in [-0.25, -0.2) is 0 Å². The lowest BCUT2D eigenvalue weighted by Gasteiger charge is -2.13. The van der Waals surface area contributed by atoms with Crippen LogP contribution in [0.15, 0.2) is 51.8 Å². The number of hydrogen-bond acceptors (Lipinski definition) is 3. The van der Waals surface area contributed by atoms with E-state index in [1.165, 1.54) is 4.90 Å². The van der Waals surface area contributed by atoms with Crippen molar-refractivity contribution in [1.29, 1.82) is 0 Å². The molecule has 102 valence electrons. The molecule has 2 aromatic rings. The van der Waals surface area contributed by atoms with Crippen LogP contribution < -0.4 is 11.1 Å². The Balaban J connectivity index is 1.81. The minimum absolute atomic E-state index is 0.00327. The van der Waals surface area contributed by atoms with Crippen LogP contribution in [0.25, 0.3) is 0 Å². The van der Waals surface area contributed by atoms with E-state index in [2.05, 4.69) is 27.3 Å². The molecule has 1 aliphatic heterocycles. The molecular weight excluding hydrogens is 336 g/mol. The van der Waals surface area contributed by atoms with Crippen molar-refractivity contribution >= 4 is 45.0 Å². The molecule has 1 heterocycles. The number of rotatable bonds is 2. The van der Waals surface area contributed by atoms with Gasteiger partial charge in [0.25, 0.3) is 0 Å². The summed E-state index contributed by atoms with van der Waals surface area (Å²) in [4.78, 5) is 13.6. The first-order valence-corrected chi connectivity index (χ1v) is 8.00. The maximum absolute atomic E-state index is 12.4. The van der Waals surface area contributed by atoms with Gasteiger partial charge in [0.15, 0.2) is 0 Å². The minimum Gasteiger partial charge on any atom is -0.397 e. The zero-order chi connectivity index (χ0) is 14.1. The lowest BCUT2D eigenvalue weighted by Crippen LogP contribution is -2.21. The summed E-state index contributed by atoms with van der Waals surface area (Å²) in [6.45, 7) is 0. The van der Waals surface area contributed by atoms with Crippen LogP contribution in [0.3, 0.4) is 0 Å². The number of benzene rings is 2. The van der Waals surface area contributed by atoms with Gasteiger partial charge < -0.3 is 11.1 Å². The first kappa shape index (κ1) is 13.5. The van der Waals surface area contributed by atoms with Crippen LogP contribution in [-0.2, 0) is 4.79 Å². The number of nitrogens with one attached hydrogen (secondary N) is 1. The van der Waals surface area contributed by atoms with Crippen LogP contribution in [0.5, 0.6) is 0 Å². The molecule has 0 radical (unpaired) electrons. The summed E-state index contributed by atoms with van der Waals surface area (Å²) in [7, 11) is 0. The molecular formula is C15H13BrN2OS. The third kappa shape index (κ3) is 2.55. The van der Waals surface area contributed by atoms with E-state index in [4.69, 9.17) is 5.73 Å². The van der Waals surface area contributed by atoms with E-state index in [-0.39, 0.29) is 11.8 Å². The predicted octanol–water partition coefficient (Wildman–Crippen LogP) is 3.86. The molecule has 0 aromatic heterocycles. The Kier molecular flexibility index (Phi) is 3.72. The van der Waals surface area contributed by atoms with E-state index >= 15 is 0 Å². The van der Waals surface area contributed by atoms with E-state index in [9.17, 15) is 4.79 Å². The van der Waals surface area contributed by atoms with Crippen LogP contribution >= 0.6 is 27.7 Å². The molecule has 0 fully saturated rings. The Labute approximate surface area is 130 Å². The number of carbonyl (C=O) groups excluding carboxylic acids is 1. The standard InChI is InChI=1S/C15H13BrN2OS/c16-9-5-6-13(12(17)7-9)18-15(19)11-8-20-14-4-2-1-3-10(11)14/h1-7,11H,8,17H2,(H,18,19). The van der Waals surface area contributed by atoms with E-state index in [0.717, 1.165) is 15.8 Å². The van der Waals surface area contributed by atoms with Gasteiger partial charge in [0, 0.05) is 15.1 Å². The number of carbonyl (C=O) groups is 1. The summed E-state index contributed by atoms with van der Waals surface area (Å²) in [6, 6.07) is 13.5. The second-order valence-electron chi connectivity index (χ2n) is 4.62. The summed E-state index contributed by atoms with van der Waals surface area (Å²) in [5, 5.41) is 2.92. The van der Waals surface area contributed by atoms with Gasteiger partial charge in [-0.3, -0.25) is 4.79 Å². The number of anilines is 2. The topological polar surface area (TPSA) is 55.1 Å². The highest BCUT2D eigenvalue weighted by Crippen LogP contribution is 2.40. The zero-order valence-corrected chi connectivity index (χ0v) is 13.0. The SMILES string of the molecule is Nc1cc(Br)ccc1NC(=O)C1CSc2ccccc21. The molecule has 0 bridgehead atoms. The Morgan fingerprint density at radius 2 is 2.10 bits per heavy atom. The molecule has 3 nitrogen and oxygen atoms in total. The van der Waals surface area contributed by atoms with E-state index in [1.54, 1.807) is 17.8 Å². The summed E-state index contributed by atoms with van der Waals surface area (Å²) >= 11 is 5.08. The van der Waals surface area contributed by atoms with Crippen molar-refractivity contribution in [3.05, 3.63) is 52.5 Å². The third-order valence-electron chi connectivity index (χ3n) is 3.29. The number of fused-ring (bicyclic) bond motifs is 1. The highest BCUT2D eigenvalue weighted by atomic mass is 79.9. The van der Waals surface area contributed by atoms with E-state index < -0.39 is 0 Å². The van der Waals surface area contributed by atoms with Gasteiger partial charge in [-0.1, -0.05) is 34.1 Å². The van der Waals surface area contributed by atoms with Crippen LogP contribution in [0, 0.1) is 0 Å². The Morgan fingerprint density at radius 1 is 1.30 bits per heavy atom. The van der Waals surface area contributed by atoms with Crippen molar-refractivity contribution < 1.29 is 4.79 Å². The van der Waals surface area contributed by atoms with Gasteiger partial charge in [0.05, 0.1) is 17.3 Å². The average molecular weight is 349 g/mol. The van der Waals surface area contributed by atoms with Crippen LogP contribution in [0.4, 0.5) is 11.4 Å². The van der Waals surface area contributed by atoms with Crippen molar-refractivity contribution in [1.82, 2.24) is 0 Å². The number of hydrogen-bond donors (Lipinski definition) is 2. The maximum atomic E-state index is 12.4. The number of nitrogen functional groups attached to an aromatic ring is 1. The second kappa shape index (κ2) is 5.50. The molecule has 0 saturated heterocycles. The lowest BCUT2D eigenvalue weighted by molar-refractivity contribution is -0.117. The van der Waals surface area contributed by atoms with Gasteiger partial charge >= 0.3 is 0 Å². The van der Waals surface area contributed by atoms with Crippen molar-refractivity contribution in [2.24, 2.45) is 0 Å². The van der Waals surface area contributed by atoms with Gasteiger partial charge in [-0.2, -0.15) is 0 Å². The summed E-state index contributed by atoms with van der Waals surface area (Å²) in [6.07, 6.45) is 0. The largest absolute Gasteiger partial charge is 0.397 e. The number of halogens is 1.